The van der Waals surface area contributed by atoms with Gasteiger partial charge in [-0.15, -0.1) is 0 Å². The summed E-state index contributed by atoms with van der Waals surface area (Å²) in [4.78, 5) is 12.8. The lowest BCUT2D eigenvalue weighted by molar-refractivity contribution is -0.124. The molecule has 0 aliphatic heterocycles. The fraction of sp³-hybridized carbons (Fsp3) is 0.278. The smallest absolute Gasteiger partial charge is 0.235 e. The van der Waals surface area contributed by atoms with Crippen LogP contribution in [0.25, 0.3) is 0 Å². The van der Waals surface area contributed by atoms with E-state index >= 15 is 0 Å². The molecule has 1 aliphatic rings. The van der Waals surface area contributed by atoms with Gasteiger partial charge in [0.25, 0.3) is 0 Å². The highest BCUT2D eigenvalue weighted by atomic mass is 19.1. The lowest BCUT2D eigenvalue weighted by Gasteiger charge is -2.40. The van der Waals surface area contributed by atoms with Gasteiger partial charge in [0.2, 0.25) is 5.91 Å². The minimum Gasteiger partial charge on any atom is -0.497 e. The number of amides is 1. The number of benzene rings is 2. The van der Waals surface area contributed by atoms with E-state index in [0.29, 0.717) is 11.4 Å². The Bertz CT molecular complexity index is 695. The number of hydrogen-bond acceptors (Lipinski definition) is 2. The zero-order valence-corrected chi connectivity index (χ0v) is 12.4. The van der Waals surface area contributed by atoms with Gasteiger partial charge >= 0.3 is 0 Å². The normalized spacial score (nSPS) is 15.7. The van der Waals surface area contributed by atoms with Gasteiger partial charge < -0.3 is 10.1 Å². The molecule has 2 aromatic carbocycles. The summed E-state index contributed by atoms with van der Waals surface area (Å²) in [6.07, 6.45) is 2.46. The Morgan fingerprint density at radius 2 is 1.95 bits per heavy atom. The van der Waals surface area contributed by atoms with E-state index in [1.54, 1.807) is 19.2 Å². The highest BCUT2D eigenvalue weighted by molar-refractivity contribution is 6.00. The molecule has 2 aromatic rings. The molecule has 3 nitrogen and oxygen atoms in total. The van der Waals surface area contributed by atoms with Crippen molar-refractivity contribution < 1.29 is 13.9 Å². The van der Waals surface area contributed by atoms with Crippen molar-refractivity contribution in [3.8, 4) is 5.75 Å². The summed E-state index contributed by atoms with van der Waals surface area (Å²) in [6.45, 7) is 0. The van der Waals surface area contributed by atoms with Crippen molar-refractivity contribution in [1.82, 2.24) is 0 Å². The number of carbonyl (C=O) groups is 1. The Labute approximate surface area is 129 Å². The number of nitrogens with one attached hydrogen (secondary N) is 1. The van der Waals surface area contributed by atoms with Crippen molar-refractivity contribution in [2.24, 2.45) is 0 Å². The molecule has 0 atom stereocenters. The van der Waals surface area contributed by atoms with Crippen LogP contribution in [-0.2, 0) is 10.2 Å². The molecule has 3 rings (SSSR count). The number of methoxy groups -OCH3 is 1. The van der Waals surface area contributed by atoms with Gasteiger partial charge in [0.05, 0.1) is 12.5 Å². The van der Waals surface area contributed by atoms with Gasteiger partial charge in [-0.2, -0.15) is 0 Å². The molecule has 0 saturated heterocycles. The third-order valence-corrected chi connectivity index (χ3v) is 4.35. The molecule has 1 fully saturated rings. The Balaban J connectivity index is 1.85. The topological polar surface area (TPSA) is 38.3 Å². The van der Waals surface area contributed by atoms with Gasteiger partial charge in [0.1, 0.15) is 11.6 Å². The fourth-order valence-electron chi connectivity index (χ4n) is 2.91. The predicted octanol–water partition coefficient (Wildman–Crippen LogP) is 3.89. The average Bonchev–Trinajstić information content (AvgIpc) is 2.46. The highest BCUT2D eigenvalue weighted by Gasteiger charge is 2.45. The van der Waals surface area contributed by atoms with Gasteiger partial charge in [-0.1, -0.05) is 24.6 Å². The first kappa shape index (κ1) is 14.6. The van der Waals surface area contributed by atoms with Crippen molar-refractivity contribution in [3.05, 3.63) is 59.9 Å². The Hall–Kier alpha value is -2.36. The molecular formula is C18H18FNO2. The molecule has 114 valence electrons. The van der Waals surface area contributed by atoms with Gasteiger partial charge in [-0.05, 0) is 42.7 Å². The fourth-order valence-corrected chi connectivity index (χ4v) is 2.91. The maximum absolute atomic E-state index is 13.5. The van der Waals surface area contributed by atoms with Crippen molar-refractivity contribution in [2.45, 2.75) is 24.7 Å². The zero-order chi connectivity index (χ0) is 15.6. The van der Waals surface area contributed by atoms with Gasteiger partial charge in [-0.3, -0.25) is 4.79 Å². The SMILES string of the molecule is COc1cccc(NC(=O)C2(c3cccc(F)c3)CCC2)c1. The van der Waals surface area contributed by atoms with Gasteiger partial charge in [-0.25, -0.2) is 4.39 Å². The lowest BCUT2D eigenvalue weighted by atomic mass is 9.63. The molecule has 1 aliphatic carbocycles. The standard InChI is InChI=1S/C18H18FNO2/c1-22-16-8-3-7-15(12-16)20-17(21)18(9-4-10-18)13-5-2-6-14(19)11-13/h2-3,5-8,11-12H,4,9-10H2,1H3,(H,20,21). The average molecular weight is 299 g/mol. The Morgan fingerprint density at radius 3 is 2.59 bits per heavy atom. The van der Waals surface area contributed by atoms with Crippen LogP contribution in [0.4, 0.5) is 10.1 Å². The first-order chi connectivity index (χ1) is 10.6. The van der Waals surface area contributed by atoms with Gasteiger partial charge in [0.15, 0.2) is 0 Å². The molecule has 0 aromatic heterocycles. The number of halogens is 1. The molecule has 1 amide bonds. The molecule has 22 heavy (non-hydrogen) atoms. The highest BCUT2D eigenvalue weighted by Crippen LogP contribution is 2.44. The summed E-state index contributed by atoms with van der Waals surface area (Å²) in [5.41, 5.74) is 0.816. The number of ether oxygens (including phenoxy) is 1. The van der Waals surface area contributed by atoms with Crippen LogP contribution >= 0.6 is 0 Å². The van der Waals surface area contributed by atoms with E-state index in [1.165, 1.54) is 12.1 Å². The largest absolute Gasteiger partial charge is 0.497 e. The maximum atomic E-state index is 13.5. The molecule has 0 spiro atoms. The summed E-state index contributed by atoms with van der Waals surface area (Å²) in [5, 5.41) is 2.94. The van der Waals surface area contributed by atoms with Crippen molar-refractivity contribution in [1.29, 1.82) is 0 Å². The van der Waals surface area contributed by atoms with Crippen LogP contribution in [0.3, 0.4) is 0 Å². The number of rotatable bonds is 4. The zero-order valence-electron chi connectivity index (χ0n) is 12.4. The Kier molecular flexibility index (Phi) is 3.84. The quantitative estimate of drug-likeness (QED) is 0.930. The minimum atomic E-state index is -0.620. The van der Waals surface area contributed by atoms with Crippen molar-refractivity contribution in [3.63, 3.8) is 0 Å². The molecule has 0 unspecified atom stereocenters. The van der Waals surface area contributed by atoms with Crippen LogP contribution in [0.2, 0.25) is 0 Å². The second-order valence-corrected chi connectivity index (χ2v) is 5.63. The van der Waals surface area contributed by atoms with E-state index in [4.69, 9.17) is 4.74 Å². The van der Waals surface area contributed by atoms with E-state index in [2.05, 4.69) is 5.32 Å². The van der Waals surface area contributed by atoms with Crippen LogP contribution in [0.5, 0.6) is 5.75 Å². The second-order valence-electron chi connectivity index (χ2n) is 5.63. The molecule has 0 heterocycles. The monoisotopic (exact) mass is 299 g/mol. The van der Waals surface area contributed by atoms with E-state index < -0.39 is 5.41 Å². The van der Waals surface area contributed by atoms with Crippen LogP contribution in [0, 0.1) is 5.82 Å². The number of hydrogen-bond donors (Lipinski definition) is 1. The van der Waals surface area contributed by atoms with Crippen LogP contribution in [0.15, 0.2) is 48.5 Å². The van der Waals surface area contributed by atoms with E-state index in [-0.39, 0.29) is 11.7 Å². The second kappa shape index (κ2) is 5.79. The van der Waals surface area contributed by atoms with Crippen LogP contribution in [0.1, 0.15) is 24.8 Å². The Morgan fingerprint density at radius 1 is 1.18 bits per heavy atom. The van der Waals surface area contributed by atoms with Crippen LogP contribution < -0.4 is 10.1 Å². The summed E-state index contributed by atoms with van der Waals surface area (Å²) in [6, 6.07) is 13.6. The van der Waals surface area contributed by atoms with Crippen molar-refractivity contribution in [2.75, 3.05) is 12.4 Å². The summed E-state index contributed by atoms with van der Waals surface area (Å²) < 4.78 is 18.7. The summed E-state index contributed by atoms with van der Waals surface area (Å²) >= 11 is 0. The first-order valence-electron chi connectivity index (χ1n) is 7.36. The third-order valence-electron chi connectivity index (χ3n) is 4.35. The molecule has 0 radical (unpaired) electrons. The number of carbonyl (C=O) groups excluding carboxylic acids is 1. The van der Waals surface area contributed by atoms with E-state index in [0.717, 1.165) is 24.8 Å². The number of anilines is 1. The molecule has 1 saturated carbocycles. The van der Waals surface area contributed by atoms with Crippen LogP contribution in [-0.4, -0.2) is 13.0 Å². The maximum Gasteiger partial charge on any atom is 0.235 e. The molecule has 1 N–H and O–H groups in total. The molecule has 0 bridgehead atoms. The van der Waals surface area contributed by atoms with Crippen molar-refractivity contribution >= 4 is 11.6 Å². The summed E-state index contributed by atoms with van der Waals surface area (Å²) in [5.74, 6) is 0.293. The van der Waals surface area contributed by atoms with E-state index in [9.17, 15) is 9.18 Å². The van der Waals surface area contributed by atoms with E-state index in [1.807, 2.05) is 24.3 Å². The first-order valence-corrected chi connectivity index (χ1v) is 7.36. The lowest BCUT2D eigenvalue weighted by Crippen LogP contribution is -2.46. The van der Waals surface area contributed by atoms with Gasteiger partial charge in [0, 0.05) is 11.8 Å². The third kappa shape index (κ3) is 2.56. The predicted molar refractivity (Wildman–Crippen MR) is 83.6 cm³/mol. The molecular weight excluding hydrogens is 281 g/mol. The molecule has 4 heteroatoms. The minimum absolute atomic E-state index is 0.0856. The summed E-state index contributed by atoms with van der Waals surface area (Å²) in [7, 11) is 1.58.